The number of benzene rings is 1. The van der Waals surface area contributed by atoms with E-state index in [0.29, 0.717) is 0 Å². The summed E-state index contributed by atoms with van der Waals surface area (Å²) >= 11 is 0. The first kappa shape index (κ1) is 15.3. The molecule has 1 N–H and O–H groups in total. The van der Waals surface area contributed by atoms with Gasteiger partial charge in [-0.15, -0.1) is 0 Å². The first-order chi connectivity index (χ1) is 8.59. The summed E-state index contributed by atoms with van der Waals surface area (Å²) in [5, 5.41) is 9.03. The third kappa shape index (κ3) is 3.39. The predicted octanol–water partition coefficient (Wildman–Crippen LogP) is 3.37. The Hall–Kier alpha value is -1.72. The minimum atomic E-state index is -4.53. The zero-order valence-electron chi connectivity index (χ0n) is 10.8. The summed E-state index contributed by atoms with van der Waals surface area (Å²) < 4.78 is 43.2. The Morgan fingerprint density at radius 3 is 2.32 bits per heavy atom. The smallest absolute Gasteiger partial charge is 0.419 e. The summed E-state index contributed by atoms with van der Waals surface area (Å²) in [6.07, 6.45) is -4.58. The molecule has 6 heteroatoms. The Bertz CT molecular complexity index is 479. The highest BCUT2D eigenvalue weighted by Gasteiger charge is 2.36. The summed E-state index contributed by atoms with van der Waals surface area (Å²) in [4.78, 5) is 11.0. The molecule has 0 spiro atoms. The van der Waals surface area contributed by atoms with E-state index in [0.717, 1.165) is 13.2 Å². The van der Waals surface area contributed by atoms with E-state index in [-0.39, 0.29) is 17.7 Å². The fourth-order valence-corrected chi connectivity index (χ4v) is 1.74. The molecule has 1 rings (SSSR count). The van der Waals surface area contributed by atoms with Crippen LogP contribution in [0.4, 0.5) is 13.2 Å². The first-order valence-electron chi connectivity index (χ1n) is 5.56. The summed E-state index contributed by atoms with van der Waals surface area (Å²) in [5.74, 6) is -1.39. The number of carboxylic acids is 1. The molecule has 0 heterocycles. The van der Waals surface area contributed by atoms with Crippen LogP contribution in [0.2, 0.25) is 0 Å². The maximum atomic E-state index is 12.8. The molecule has 0 fully saturated rings. The lowest BCUT2D eigenvalue weighted by Crippen LogP contribution is -2.26. The van der Waals surface area contributed by atoms with Gasteiger partial charge in [-0.3, -0.25) is 4.79 Å². The van der Waals surface area contributed by atoms with Gasteiger partial charge in [0.1, 0.15) is 5.75 Å². The van der Waals surface area contributed by atoms with E-state index < -0.39 is 23.1 Å². The van der Waals surface area contributed by atoms with E-state index >= 15 is 0 Å². The number of halogens is 3. The average Bonchev–Trinajstić information content (AvgIpc) is 2.26. The SMILES string of the molecule is COc1c(CC(C)(C)C(=O)O)cccc1C(F)(F)F. The number of carboxylic acid groups (broad SMARTS) is 1. The summed E-state index contributed by atoms with van der Waals surface area (Å²) in [6, 6.07) is 3.60. The molecule has 0 aliphatic carbocycles. The van der Waals surface area contributed by atoms with Gasteiger partial charge in [-0.25, -0.2) is 0 Å². The minimum Gasteiger partial charge on any atom is -0.496 e. The molecule has 0 atom stereocenters. The van der Waals surface area contributed by atoms with Gasteiger partial charge in [-0.05, 0) is 31.9 Å². The van der Waals surface area contributed by atoms with Gasteiger partial charge in [0, 0.05) is 0 Å². The second-order valence-corrected chi connectivity index (χ2v) is 4.86. The van der Waals surface area contributed by atoms with Crippen LogP contribution in [0.5, 0.6) is 5.75 Å². The maximum absolute atomic E-state index is 12.8. The molecule has 0 radical (unpaired) electrons. The number of hydrogen-bond donors (Lipinski definition) is 1. The van der Waals surface area contributed by atoms with E-state index in [2.05, 4.69) is 0 Å². The van der Waals surface area contributed by atoms with Crippen LogP contribution >= 0.6 is 0 Å². The third-order valence-corrected chi connectivity index (χ3v) is 2.82. The molecule has 0 bridgehead atoms. The van der Waals surface area contributed by atoms with Crippen molar-refractivity contribution in [3.63, 3.8) is 0 Å². The van der Waals surface area contributed by atoms with E-state index in [1.165, 1.54) is 26.0 Å². The largest absolute Gasteiger partial charge is 0.496 e. The van der Waals surface area contributed by atoms with Crippen LogP contribution in [-0.2, 0) is 17.4 Å². The van der Waals surface area contributed by atoms with E-state index in [1.807, 2.05) is 0 Å². The van der Waals surface area contributed by atoms with Gasteiger partial charge in [0.2, 0.25) is 0 Å². The molecule has 1 aromatic carbocycles. The third-order valence-electron chi connectivity index (χ3n) is 2.82. The normalized spacial score (nSPS) is 12.3. The van der Waals surface area contributed by atoms with Crippen LogP contribution in [0.15, 0.2) is 18.2 Å². The number of alkyl halides is 3. The molecule has 0 unspecified atom stereocenters. The van der Waals surface area contributed by atoms with Gasteiger partial charge >= 0.3 is 12.1 Å². The highest BCUT2D eigenvalue weighted by Crippen LogP contribution is 2.39. The lowest BCUT2D eigenvalue weighted by Gasteiger charge is -2.22. The lowest BCUT2D eigenvalue weighted by molar-refractivity contribution is -0.146. The number of para-hydroxylation sites is 1. The molecule has 106 valence electrons. The fourth-order valence-electron chi connectivity index (χ4n) is 1.74. The van der Waals surface area contributed by atoms with Gasteiger partial charge in [0.05, 0.1) is 18.1 Å². The van der Waals surface area contributed by atoms with Crippen molar-refractivity contribution in [2.24, 2.45) is 5.41 Å². The Labute approximate surface area is 109 Å². The number of hydrogen-bond acceptors (Lipinski definition) is 2. The summed E-state index contributed by atoms with van der Waals surface area (Å²) in [6.45, 7) is 2.91. The Morgan fingerprint density at radius 2 is 1.89 bits per heavy atom. The molecule has 0 aliphatic heterocycles. The number of aliphatic carboxylic acids is 1. The summed E-state index contributed by atoms with van der Waals surface area (Å²) in [7, 11) is 1.14. The van der Waals surface area contributed by atoms with Gasteiger partial charge < -0.3 is 9.84 Å². The van der Waals surface area contributed by atoms with Crippen LogP contribution in [-0.4, -0.2) is 18.2 Å². The van der Waals surface area contributed by atoms with Crippen molar-refractivity contribution < 1.29 is 27.8 Å². The first-order valence-corrected chi connectivity index (χ1v) is 5.56. The monoisotopic (exact) mass is 276 g/mol. The quantitative estimate of drug-likeness (QED) is 0.917. The zero-order valence-corrected chi connectivity index (χ0v) is 10.8. The topological polar surface area (TPSA) is 46.5 Å². The second kappa shape index (κ2) is 5.11. The number of carbonyl (C=O) groups is 1. The van der Waals surface area contributed by atoms with Crippen molar-refractivity contribution in [3.8, 4) is 5.75 Å². The predicted molar refractivity (Wildman–Crippen MR) is 63.1 cm³/mol. The standard InChI is InChI=1S/C13H15F3O3/c1-12(2,11(17)18)7-8-5-4-6-9(10(8)19-3)13(14,15)16/h4-6H,7H2,1-3H3,(H,17,18). The van der Waals surface area contributed by atoms with Crippen molar-refractivity contribution in [1.29, 1.82) is 0 Å². The van der Waals surface area contributed by atoms with Crippen molar-refractivity contribution in [2.75, 3.05) is 7.11 Å². The minimum absolute atomic E-state index is 0.0462. The number of ether oxygens (including phenoxy) is 1. The van der Waals surface area contributed by atoms with Crippen LogP contribution in [0.1, 0.15) is 25.0 Å². The number of rotatable bonds is 4. The van der Waals surface area contributed by atoms with E-state index in [4.69, 9.17) is 9.84 Å². The van der Waals surface area contributed by atoms with Crippen molar-refractivity contribution in [3.05, 3.63) is 29.3 Å². The molecule has 0 saturated carbocycles. The molecular weight excluding hydrogens is 261 g/mol. The zero-order chi connectivity index (χ0) is 14.8. The Balaban J connectivity index is 3.27. The highest BCUT2D eigenvalue weighted by molar-refractivity contribution is 5.74. The molecule has 0 aliphatic rings. The summed E-state index contributed by atoms with van der Waals surface area (Å²) in [5.41, 5.74) is -1.84. The molecule has 3 nitrogen and oxygen atoms in total. The van der Waals surface area contributed by atoms with Gasteiger partial charge in [-0.2, -0.15) is 13.2 Å². The van der Waals surface area contributed by atoms with E-state index in [9.17, 15) is 18.0 Å². The van der Waals surface area contributed by atoms with Crippen LogP contribution in [0.25, 0.3) is 0 Å². The average molecular weight is 276 g/mol. The lowest BCUT2D eigenvalue weighted by atomic mass is 9.85. The van der Waals surface area contributed by atoms with Crippen LogP contribution < -0.4 is 4.74 Å². The van der Waals surface area contributed by atoms with E-state index in [1.54, 1.807) is 0 Å². The number of methoxy groups -OCH3 is 1. The van der Waals surface area contributed by atoms with Crippen molar-refractivity contribution >= 4 is 5.97 Å². The highest BCUT2D eigenvalue weighted by atomic mass is 19.4. The van der Waals surface area contributed by atoms with Crippen molar-refractivity contribution in [1.82, 2.24) is 0 Å². The maximum Gasteiger partial charge on any atom is 0.419 e. The Morgan fingerprint density at radius 1 is 1.32 bits per heavy atom. The molecule has 19 heavy (non-hydrogen) atoms. The van der Waals surface area contributed by atoms with Gasteiger partial charge in [0.15, 0.2) is 0 Å². The Kier molecular flexibility index (Phi) is 4.12. The van der Waals surface area contributed by atoms with Crippen LogP contribution in [0, 0.1) is 5.41 Å². The molecule has 0 aromatic heterocycles. The van der Waals surface area contributed by atoms with Gasteiger partial charge in [0.25, 0.3) is 0 Å². The van der Waals surface area contributed by atoms with Crippen LogP contribution in [0.3, 0.4) is 0 Å². The fraction of sp³-hybridized carbons (Fsp3) is 0.462. The van der Waals surface area contributed by atoms with Crippen molar-refractivity contribution in [2.45, 2.75) is 26.4 Å². The molecule has 1 aromatic rings. The molecular formula is C13H15F3O3. The molecule has 0 amide bonds. The van der Waals surface area contributed by atoms with Gasteiger partial charge in [-0.1, -0.05) is 12.1 Å². The molecule has 0 saturated heterocycles. The second-order valence-electron chi connectivity index (χ2n) is 4.86.